The molecule has 2 aliphatic rings. The van der Waals surface area contributed by atoms with Crippen molar-refractivity contribution >= 4 is 17.4 Å². The molecule has 1 aromatic rings. The Labute approximate surface area is 123 Å². The Bertz CT molecular complexity index is 458. The van der Waals surface area contributed by atoms with Crippen molar-refractivity contribution in [2.45, 2.75) is 57.2 Å². The van der Waals surface area contributed by atoms with Gasteiger partial charge in [-0.1, -0.05) is 37.5 Å². The Kier molecular flexibility index (Phi) is 3.69. The lowest BCUT2D eigenvalue weighted by Gasteiger charge is -2.32. The van der Waals surface area contributed by atoms with Crippen LogP contribution < -0.4 is 4.90 Å². The molecule has 1 aliphatic carbocycles. The lowest BCUT2D eigenvalue weighted by Crippen LogP contribution is -2.36. The van der Waals surface area contributed by atoms with Crippen LogP contribution in [0.2, 0.25) is 0 Å². The van der Waals surface area contributed by atoms with E-state index in [1.54, 1.807) is 0 Å². The highest BCUT2D eigenvalue weighted by molar-refractivity contribution is 8.00. The van der Waals surface area contributed by atoms with E-state index >= 15 is 0 Å². The van der Waals surface area contributed by atoms with Gasteiger partial charge in [-0.15, -0.1) is 11.8 Å². The second kappa shape index (κ2) is 5.78. The molecule has 2 heteroatoms. The van der Waals surface area contributed by atoms with E-state index in [-0.39, 0.29) is 5.85 Å². The van der Waals surface area contributed by atoms with Crippen molar-refractivity contribution in [3.8, 4) is 0 Å². The molecular weight excluding hydrogens is 250 g/mol. The quantitative estimate of drug-likeness (QED) is 0.760. The van der Waals surface area contributed by atoms with Crippen molar-refractivity contribution in [3.63, 3.8) is 0 Å². The Morgan fingerprint density at radius 1 is 1.21 bits per heavy atom. The van der Waals surface area contributed by atoms with Crippen molar-refractivity contribution in [3.05, 3.63) is 29.8 Å². The SMILES string of the molecule is [2H]C1SC(C2CCCCC2)[C@H](C)N1c1ccccc1C. The first-order valence-electron chi connectivity index (χ1n) is 8.18. The lowest BCUT2D eigenvalue weighted by atomic mass is 9.84. The number of benzene rings is 1. The highest BCUT2D eigenvalue weighted by Gasteiger charge is 2.37. The van der Waals surface area contributed by atoms with Gasteiger partial charge in [-0.3, -0.25) is 0 Å². The van der Waals surface area contributed by atoms with E-state index in [9.17, 15) is 0 Å². The van der Waals surface area contributed by atoms with Gasteiger partial charge in [0.2, 0.25) is 0 Å². The van der Waals surface area contributed by atoms with Crippen LogP contribution in [0.1, 0.15) is 46.0 Å². The number of para-hydroxylation sites is 1. The summed E-state index contributed by atoms with van der Waals surface area (Å²) in [6, 6.07) is 9.00. The summed E-state index contributed by atoms with van der Waals surface area (Å²) in [7, 11) is 0. The molecule has 0 radical (unpaired) electrons. The summed E-state index contributed by atoms with van der Waals surface area (Å²) in [5.74, 6) is 0.684. The molecule has 0 spiro atoms. The van der Waals surface area contributed by atoms with Gasteiger partial charge in [-0.25, -0.2) is 0 Å². The van der Waals surface area contributed by atoms with Crippen LogP contribution in [0.4, 0.5) is 5.69 Å². The van der Waals surface area contributed by atoms with Crippen molar-refractivity contribution in [1.29, 1.82) is 0 Å². The number of hydrogen-bond acceptors (Lipinski definition) is 2. The van der Waals surface area contributed by atoms with E-state index in [1.165, 1.54) is 43.4 Å². The summed E-state index contributed by atoms with van der Waals surface area (Å²) in [6.45, 7) is 4.49. The maximum Gasteiger partial charge on any atom is 0.0646 e. The third kappa shape index (κ3) is 2.65. The standard InChI is InChI=1S/C17H25NS/c1-13-8-6-7-11-16(13)18-12-19-17(14(18)2)15-9-4-3-5-10-15/h6-8,11,14-15,17H,3-5,9-10,12H2,1-2H3/t14-,17?/m0/s1/i12D/t12?,14-,17?. The average Bonchev–Trinajstić information content (AvgIpc) is 2.76. The zero-order valence-electron chi connectivity index (χ0n) is 13.0. The summed E-state index contributed by atoms with van der Waals surface area (Å²) >= 11 is 1.88. The molecule has 0 aromatic heterocycles. The molecule has 1 saturated heterocycles. The summed E-state index contributed by atoms with van der Waals surface area (Å²) < 4.78 is 8.49. The first-order valence-corrected chi connectivity index (χ1v) is 8.54. The topological polar surface area (TPSA) is 3.24 Å². The third-order valence-corrected chi connectivity index (χ3v) is 6.20. The Hall–Kier alpha value is -0.630. The largest absolute Gasteiger partial charge is 0.358 e. The number of anilines is 1. The third-order valence-electron chi connectivity index (χ3n) is 4.75. The predicted molar refractivity (Wildman–Crippen MR) is 85.9 cm³/mol. The fourth-order valence-electron chi connectivity index (χ4n) is 3.60. The van der Waals surface area contributed by atoms with E-state index < -0.39 is 0 Å². The highest BCUT2D eigenvalue weighted by Crippen LogP contribution is 2.42. The van der Waals surface area contributed by atoms with Gasteiger partial charge >= 0.3 is 0 Å². The summed E-state index contributed by atoms with van der Waals surface area (Å²) in [5, 5.41) is 0.636. The van der Waals surface area contributed by atoms with Crippen LogP contribution in [0.3, 0.4) is 0 Å². The fourth-order valence-corrected chi connectivity index (χ4v) is 5.03. The van der Waals surface area contributed by atoms with Gasteiger partial charge in [-0.05, 0) is 44.2 Å². The fraction of sp³-hybridized carbons (Fsp3) is 0.647. The second-order valence-corrected chi connectivity index (χ2v) is 7.07. The van der Waals surface area contributed by atoms with E-state index in [0.717, 1.165) is 5.92 Å². The van der Waals surface area contributed by atoms with Crippen LogP contribution in [-0.4, -0.2) is 17.1 Å². The molecule has 104 valence electrons. The molecule has 3 rings (SSSR count). The van der Waals surface area contributed by atoms with Crippen LogP contribution in [0.5, 0.6) is 0 Å². The summed E-state index contributed by atoms with van der Waals surface area (Å²) in [6.07, 6.45) is 6.93. The summed E-state index contributed by atoms with van der Waals surface area (Å²) in [5.41, 5.74) is 2.55. The van der Waals surface area contributed by atoms with Gasteiger partial charge in [0.05, 0.1) is 7.22 Å². The predicted octanol–water partition coefficient (Wildman–Crippen LogP) is 4.84. The van der Waals surface area contributed by atoms with Gasteiger partial charge in [0.1, 0.15) is 0 Å². The maximum absolute atomic E-state index is 8.49. The molecule has 2 unspecified atom stereocenters. The summed E-state index contributed by atoms with van der Waals surface area (Å²) in [4.78, 5) is 2.33. The van der Waals surface area contributed by atoms with Crippen LogP contribution in [0.25, 0.3) is 0 Å². The van der Waals surface area contributed by atoms with Gasteiger partial charge in [0.15, 0.2) is 0 Å². The molecule has 19 heavy (non-hydrogen) atoms. The van der Waals surface area contributed by atoms with Crippen molar-refractivity contribution in [2.24, 2.45) is 5.92 Å². The van der Waals surface area contributed by atoms with Crippen LogP contribution in [0, 0.1) is 12.8 Å². The van der Waals surface area contributed by atoms with Gasteiger partial charge in [0.25, 0.3) is 0 Å². The smallest absolute Gasteiger partial charge is 0.0646 e. The molecule has 0 bridgehead atoms. The van der Waals surface area contributed by atoms with E-state index in [4.69, 9.17) is 1.37 Å². The number of rotatable bonds is 2. The number of hydrogen-bond donors (Lipinski definition) is 0. The molecule has 3 atom stereocenters. The highest BCUT2D eigenvalue weighted by atomic mass is 32.2. The molecule has 1 nitrogen and oxygen atoms in total. The van der Waals surface area contributed by atoms with Gasteiger partial charge in [0, 0.05) is 17.0 Å². The molecule has 0 N–H and O–H groups in total. The molecule has 1 aliphatic heterocycles. The van der Waals surface area contributed by atoms with Gasteiger partial charge in [-0.2, -0.15) is 0 Å². The van der Waals surface area contributed by atoms with Gasteiger partial charge < -0.3 is 4.90 Å². The second-order valence-electron chi connectivity index (χ2n) is 6.04. The zero-order chi connectivity index (χ0) is 14.1. The average molecular weight is 276 g/mol. The van der Waals surface area contributed by atoms with E-state index in [1.807, 2.05) is 11.8 Å². The normalized spacial score (nSPS) is 33.5. The minimum absolute atomic E-state index is 0.141. The minimum Gasteiger partial charge on any atom is -0.358 e. The van der Waals surface area contributed by atoms with Crippen molar-refractivity contribution in [2.75, 3.05) is 10.8 Å². The molecule has 2 fully saturated rings. The minimum atomic E-state index is -0.141. The van der Waals surface area contributed by atoms with E-state index in [0.29, 0.717) is 11.3 Å². The molecule has 1 aromatic carbocycles. The first-order chi connectivity index (χ1) is 9.68. The lowest BCUT2D eigenvalue weighted by molar-refractivity contribution is 0.334. The number of nitrogens with zero attached hydrogens (tertiary/aromatic N) is 1. The van der Waals surface area contributed by atoms with Crippen molar-refractivity contribution < 1.29 is 1.37 Å². The van der Waals surface area contributed by atoms with Crippen LogP contribution >= 0.6 is 11.8 Å². The molecule has 1 heterocycles. The van der Waals surface area contributed by atoms with Crippen molar-refractivity contribution in [1.82, 2.24) is 0 Å². The number of aryl methyl sites for hydroxylation is 1. The Balaban J connectivity index is 1.81. The molecular formula is C17H25NS. The van der Waals surface area contributed by atoms with Crippen LogP contribution in [-0.2, 0) is 0 Å². The zero-order valence-corrected chi connectivity index (χ0v) is 12.8. The maximum atomic E-state index is 8.49. The monoisotopic (exact) mass is 276 g/mol. The Morgan fingerprint density at radius 3 is 2.68 bits per heavy atom. The Morgan fingerprint density at radius 2 is 1.95 bits per heavy atom. The van der Waals surface area contributed by atoms with E-state index in [2.05, 4.69) is 43.0 Å². The first kappa shape index (κ1) is 12.1. The molecule has 1 saturated carbocycles. The number of thioether (sulfide) groups is 1. The van der Waals surface area contributed by atoms with Crippen LogP contribution in [0.15, 0.2) is 24.3 Å². The molecule has 0 amide bonds.